The van der Waals surface area contributed by atoms with Gasteiger partial charge in [-0.1, -0.05) is 20.8 Å². The highest BCUT2D eigenvalue weighted by Crippen LogP contribution is 2.29. The second-order valence-electron chi connectivity index (χ2n) is 4.83. The third-order valence-corrected chi connectivity index (χ3v) is 3.85. The van der Waals surface area contributed by atoms with E-state index < -0.39 is 45.2 Å². The van der Waals surface area contributed by atoms with Crippen LogP contribution in [-0.2, 0) is 10.4 Å². The molecule has 5 nitrogen and oxygen atoms in total. The van der Waals surface area contributed by atoms with Crippen LogP contribution in [0.5, 0.6) is 5.75 Å². The molecule has 0 aliphatic heterocycles. The Bertz CT molecular complexity index is 640. The summed E-state index contributed by atoms with van der Waals surface area (Å²) in [6.45, 7) is 6.44. The lowest BCUT2D eigenvalue weighted by molar-refractivity contribution is 0.327. The Kier molecular flexibility index (Phi) is 8.06. The van der Waals surface area contributed by atoms with Gasteiger partial charge in [-0.05, 0) is 19.3 Å². The first-order valence-corrected chi connectivity index (χ1v) is 8.17. The van der Waals surface area contributed by atoms with E-state index in [2.05, 4.69) is 25.0 Å². The van der Waals surface area contributed by atoms with Crippen LogP contribution in [0.1, 0.15) is 40.0 Å². The Labute approximate surface area is 136 Å². The fraction of sp³-hybridized carbons (Fsp3) is 0.538. The van der Waals surface area contributed by atoms with Gasteiger partial charge in [0, 0.05) is 5.54 Å². The number of nitrogens with two attached hydrogens (primary N) is 1. The normalized spacial score (nSPS) is 11.8. The molecular formula is C13H18F5NO4S. The minimum atomic E-state index is -5.40. The Morgan fingerprint density at radius 2 is 1.17 bits per heavy atom. The predicted molar refractivity (Wildman–Crippen MR) is 76.2 cm³/mol. The van der Waals surface area contributed by atoms with Crippen molar-refractivity contribution in [2.45, 2.75) is 45.6 Å². The summed E-state index contributed by atoms with van der Waals surface area (Å²) in [6, 6.07) is 0. The van der Waals surface area contributed by atoms with Crippen molar-refractivity contribution >= 4 is 10.4 Å². The zero-order valence-corrected chi connectivity index (χ0v) is 14.0. The van der Waals surface area contributed by atoms with Gasteiger partial charge in [-0.3, -0.25) is 4.55 Å². The minimum Gasteiger partial charge on any atom is -0.355 e. The lowest BCUT2D eigenvalue weighted by Gasteiger charge is -2.23. The summed E-state index contributed by atoms with van der Waals surface area (Å²) in [5.41, 5.74) is 6.02. The van der Waals surface area contributed by atoms with Crippen LogP contribution >= 0.6 is 0 Å². The second kappa shape index (κ2) is 8.58. The molecule has 0 aliphatic carbocycles. The number of halogens is 5. The van der Waals surface area contributed by atoms with Gasteiger partial charge in [-0.2, -0.15) is 17.2 Å². The van der Waals surface area contributed by atoms with Crippen LogP contribution in [0.4, 0.5) is 22.0 Å². The van der Waals surface area contributed by atoms with Gasteiger partial charge in [0.05, 0.1) is 0 Å². The van der Waals surface area contributed by atoms with Crippen molar-refractivity contribution in [2.75, 3.05) is 0 Å². The van der Waals surface area contributed by atoms with Crippen molar-refractivity contribution in [3.05, 3.63) is 29.1 Å². The van der Waals surface area contributed by atoms with Gasteiger partial charge in [-0.15, -0.1) is 0 Å². The van der Waals surface area contributed by atoms with Crippen LogP contribution < -0.4 is 9.92 Å². The molecule has 1 rings (SSSR count). The summed E-state index contributed by atoms with van der Waals surface area (Å²) in [5.74, 6) is -14.4. The first-order chi connectivity index (χ1) is 10.8. The molecule has 3 N–H and O–H groups in total. The number of benzene rings is 1. The van der Waals surface area contributed by atoms with E-state index in [9.17, 15) is 30.4 Å². The molecule has 0 atom stereocenters. The first kappa shape index (κ1) is 22.5. The van der Waals surface area contributed by atoms with Gasteiger partial charge in [0.1, 0.15) is 0 Å². The van der Waals surface area contributed by atoms with Gasteiger partial charge in [0.2, 0.25) is 34.8 Å². The zero-order valence-electron chi connectivity index (χ0n) is 13.2. The molecule has 0 aromatic heterocycles. The van der Waals surface area contributed by atoms with Crippen molar-refractivity contribution in [3.8, 4) is 5.75 Å². The van der Waals surface area contributed by atoms with E-state index in [-0.39, 0.29) is 5.54 Å². The summed E-state index contributed by atoms with van der Waals surface area (Å²) < 4.78 is 94.2. The SMILES string of the molecule is CCC(N)(CC)CC.O=S(=O)(O)Oc1c(F)c(F)c(F)c(F)c1F. The Hall–Kier alpha value is -1.46. The highest BCUT2D eigenvalue weighted by atomic mass is 32.3. The van der Waals surface area contributed by atoms with Gasteiger partial charge < -0.3 is 9.92 Å². The average molecular weight is 379 g/mol. The molecule has 140 valence electrons. The minimum absolute atomic E-state index is 0.125. The van der Waals surface area contributed by atoms with Crippen LogP contribution in [0.25, 0.3) is 0 Å². The van der Waals surface area contributed by atoms with Crippen molar-refractivity contribution in [2.24, 2.45) is 5.73 Å². The van der Waals surface area contributed by atoms with E-state index in [1.807, 2.05) is 0 Å². The van der Waals surface area contributed by atoms with Crippen LogP contribution in [-0.4, -0.2) is 18.5 Å². The monoisotopic (exact) mass is 379 g/mol. The van der Waals surface area contributed by atoms with Crippen molar-refractivity contribution < 1.29 is 39.1 Å². The smallest absolute Gasteiger partial charge is 0.355 e. The maximum absolute atomic E-state index is 12.7. The molecule has 1 aromatic rings. The van der Waals surface area contributed by atoms with E-state index in [0.717, 1.165) is 19.3 Å². The van der Waals surface area contributed by atoms with Crippen LogP contribution in [0, 0.1) is 29.1 Å². The maximum Gasteiger partial charge on any atom is 0.446 e. The van der Waals surface area contributed by atoms with Crippen molar-refractivity contribution in [1.82, 2.24) is 0 Å². The average Bonchev–Trinajstić information content (AvgIpc) is 2.54. The van der Waals surface area contributed by atoms with Crippen LogP contribution in [0.2, 0.25) is 0 Å². The highest BCUT2D eigenvalue weighted by Gasteiger charge is 2.29. The van der Waals surface area contributed by atoms with Gasteiger partial charge in [0.15, 0.2) is 0 Å². The van der Waals surface area contributed by atoms with Crippen molar-refractivity contribution in [1.29, 1.82) is 0 Å². The summed E-state index contributed by atoms with van der Waals surface area (Å²) in [6.07, 6.45) is 3.29. The van der Waals surface area contributed by atoms with E-state index in [0.29, 0.717) is 0 Å². The van der Waals surface area contributed by atoms with Crippen LogP contribution in [0.15, 0.2) is 0 Å². The molecule has 0 unspecified atom stereocenters. The molecule has 1 aromatic carbocycles. The number of hydrogen-bond donors (Lipinski definition) is 2. The molecular weight excluding hydrogens is 361 g/mol. The van der Waals surface area contributed by atoms with E-state index in [1.165, 1.54) is 0 Å². The Morgan fingerprint density at radius 3 is 1.38 bits per heavy atom. The van der Waals surface area contributed by atoms with Crippen molar-refractivity contribution in [3.63, 3.8) is 0 Å². The molecule has 0 bridgehead atoms. The summed E-state index contributed by atoms with van der Waals surface area (Å²) >= 11 is 0. The molecule has 0 aliphatic rings. The fourth-order valence-corrected chi connectivity index (χ4v) is 1.87. The predicted octanol–water partition coefficient (Wildman–Crippen LogP) is 3.48. The highest BCUT2D eigenvalue weighted by molar-refractivity contribution is 7.81. The molecule has 0 spiro atoms. The number of hydrogen-bond acceptors (Lipinski definition) is 4. The topological polar surface area (TPSA) is 89.6 Å². The third-order valence-electron chi connectivity index (χ3n) is 3.47. The standard InChI is InChI=1S/C7H17N.C6HF5O4S/c1-4-7(8,5-2)6-3;7-1-2(8)4(10)6(5(11)3(1)9)15-16(12,13)14/h4-6,8H2,1-3H3;(H,12,13,14). The lowest BCUT2D eigenvalue weighted by atomic mass is 9.92. The molecule has 0 radical (unpaired) electrons. The fourth-order valence-electron chi connectivity index (χ4n) is 1.51. The largest absolute Gasteiger partial charge is 0.446 e. The Balaban J connectivity index is 0.000000561. The summed E-state index contributed by atoms with van der Waals surface area (Å²) in [7, 11) is -5.40. The van der Waals surface area contributed by atoms with Crippen LogP contribution in [0.3, 0.4) is 0 Å². The molecule has 24 heavy (non-hydrogen) atoms. The zero-order chi connectivity index (χ0) is 19.3. The van der Waals surface area contributed by atoms with E-state index >= 15 is 0 Å². The molecule has 0 fully saturated rings. The number of rotatable bonds is 5. The third kappa shape index (κ3) is 5.87. The Morgan fingerprint density at radius 1 is 0.875 bits per heavy atom. The summed E-state index contributed by atoms with van der Waals surface area (Å²) in [5, 5.41) is 0. The quantitative estimate of drug-likeness (QED) is 0.354. The molecule has 11 heteroatoms. The van der Waals surface area contributed by atoms with Gasteiger partial charge in [-0.25, -0.2) is 13.2 Å². The lowest BCUT2D eigenvalue weighted by Crippen LogP contribution is -2.37. The first-order valence-electron chi connectivity index (χ1n) is 6.80. The van der Waals surface area contributed by atoms with E-state index in [1.54, 1.807) is 0 Å². The maximum atomic E-state index is 12.7. The molecule has 0 heterocycles. The molecule has 0 amide bonds. The second-order valence-corrected chi connectivity index (χ2v) is 5.86. The van der Waals surface area contributed by atoms with E-state index in [4.69, 9.17) is 10.3 Å². The summed E-state index contributed by atoms with van der Waals surface area (Å²) in [4.78, 5) is 0. The van der Waals surface area contributed by atoms with Gasteiger partial charge >= 0.3 is 10.4 Å². The van der Waals surface area contributed by atoms with Gasteiger partial charge in [0.25, 0.3) is 0 Å². The molecule has 0 saturated carbocycles. The molecule has 0 saturated heterocycles.